The highest BCUT2D eigenvalue weighted by atomic mass is 35.5. The molecule has 3 aromatic rings. The Morgan fingerprint density at radius 1 is 1.12 bits per heavy atom. The minimum absolute atomic E-state index is 0.00783. The predicted octanol–water partition coefficient (Wildman–Crippen LogP) is 5.36. The average molecular weight is 490 g/mol. The molecule has 172 valence electrons. The van der Waals surface area contributed by atoms with Gasteiger partial charge in [0.1, 0.15) is 12.4 Å². The molecule has 4 rings (SSSR count). The molecule has 33 heavy (non-hydrogen) atoms. The van der Waals surface area contributed by atoms with E-state index in [0.717, 1.165) is 11.1 Å². The van der Waals surface area contributed by atoms with Crippen LogP contribution in [0.25, 0.3) is 0 Å². The van der Waals surface area contributed by atoms with E-state index in [-0.39, 0.29) is 48.1 Å². The third-order valence-electron chi connectivity index (χ3n) is 5.21. The maximum Gasteiger partial charge on any atom is 0.316 e. The van der Waals surface area contributed by atoms with Crippen LogP contribution in [0.15, 0.2) is 48.8 Å². The van der Waals surface area contributed by atoms with E-state index >= 15 is 0 Å². The Kier molecular flexibility index (Phi) is 7.00. The number of benzene rings is 2. The molecule has 1 amide bonds. The lowest BCUT2D eigenvalue weighted by Gasteiger charge is -2.36. The summed E-state index contributed by atoms with van der Waals surface area (Å²) in [5, 5.41) is 0.650. The van der Waals surface area contributed by atoms with Crippen LogP contribution < -0.4 is 9.47 Å². The van der Waals surface area contributed by atoms with Crippen LogP contribution >= 0.6 is 23.2 Å². The normalized spacial score (nSPS) is 15.3. The number of halogens is 3. The van der Waals surface area contributed by atoms with Gasteiger partial charge < -0.3 is 14.4 Å². The van der Waals surface area contributed by atoms with Gasteiger partial charge in [0.25, 0.3) is 5.91 Å². The number of hydrogen-bond donors (Lipinski definition) is 0. The molecule has 0 aliphatic carbocycles. The first kappa shape index (κ1) is 23.3. The van der Waals surface area contributed by atoms with Gasteiger partial charge in [-0.15, -0.1) is 0 Å². The summed E-state index contributed by atoms with van der Waals surface area (Å²) in [6.45, 7) is 4.23. The maximum absolute atomic E-state index is 13.8. The Labute approximate surface area is 201 Å². The SMILES string of the molecule is CC(C)Oc1cnc(OC[C@@H]2Cc3ccc(F)cc3CN2C(=O)c2ccc(Cl)c(Cl)c2)nc1. The molecule has 0 fully saturated rings. The molecule has 1 atom stereocenters. The number of rotatable bonds is 6. The summed E-state index contributed by atoms with van der Waals surface area (Å²) in [4.78, 5) is 23.4. The van der Waals surface area contributed by atoms with E-state index in [1.54, 1.807) is 35.5 Å². The van der Waals surface area contributed by atoms with Gasteiger partial charge in [-0.1, -0.05) is 29.3 Å². The number of ether oxygens (including phenoxy) is 2. The highest BCUT2D eigenvalue weighted by molar-refractivity contribution is 6.42. The van der Waals surface area contributed by atoms with Crippen LogP contribution in [-0.4, -0.2) is 39.5 Å². The molecule has 0 saturated heterocycles. The van der Waals surface area contributed by atoms with Gasteiger partial charge in [-0.05, 0) is 61.7 Å². The zero-order valence-corrected chi connectivity index (χ0v) is 19.6. The molecule has 9 heteroatoms. The second-order valence-corrected chi connectivity index (χ2v) is 8.83. The molecular weight excluding hydrogens is 468 g/mol. The lowest BCUT2D eigenvalue weighted by molar-refractivity contribution is 0.0557. The first-order valence-corrected chi connectivity index (χ1v) is 11.2. The molecule has 0 spiro atoms. The second-order valence-electron chi connectivity index (χ2n) is 8.01. The minimum Gasteiger partial charge on any atom is -0.488 e. The Hall–Kier alpha value is -2.90. The van der Waals surface area contributed by atoms with E-state index < -0.39 is 0 Å². The molecule has 0 radical (unpaired) electrons. The fourth-order valence-electron chi connectivity index (χ4n) is 3.68. The molecule has 2 aromatic carbocycles. The number of carbonyl (C=O) groups is 1. The van der Waals surface area contributed by atoms with Crippen LogP contribution in [0.5, 0.6) is 11.8 Å². The fraction of sp³-hybridized carbons (Fsp3) is 0.292. The Morgan fingerprint density at radius 2 is 1.88 bits per heavy atom. The third kappa shape index (κ3) is 5.54. The van der Waals surface area contributed by atoms with Crippen molar-refractivity contribution in [3.05, 3.63) is 81.3 Å². The van der Waals surface area contributed by atoms with E-state index in [9.17, 15) is 9.18 Å². The molecule has 0 saturated carbocycles. The van der Waals surface area contributed by atoms with E-state index in [0.29, 0.717) is 22.8 Å². The van der Waals surface area contributed by atoms with Crippen LogP contribution in [0.4, 0.5) is 4.39 Å². The number of nitrogens with zero attached hydrogens (tertiary/aromatic N) is 3. The van der Waals surface area contributed by atoms with Gasteiger partial charge in [0.15, 0.2) is 5.75 Å². The van der Waals surface area contributed by atoms with Crippen molar-refractivity contribution < 1.29 is 18.7 Å². The number of aromatic nitrogens is 2. The van der Waals surface area contributed by atoms with Gasteiger partial charge in [0.05, 0.1) is 34.6 Å². The van der Waals surface area contributed by atoms with Gasteiger partial charge in [-0.2, -0.15) is 9.97 Å². The van der Waals surface area contributed by atoms with Gasteiger partial charge in [0, 0.05) is 12.1 Å². The Balaban J connectivity index is 1.55. The monoisotopic (exact) mass is 489 g/mol. The third-order valence-corrected chi connectivity index (χ3v) is 5.95. The van der Waals surface area contributed by atoms with Crippen molar-refractivity contribution in [3.63, 3.8) is 0 Å². The van der Waals surface area contributed by atoms with Gasteiger partial charge in [0.2, 0.25) is 0 Å². The number of amides is 1. The zero-order valence-electron chi connectivity index (χ0n) is 18.1. The summed E-state index contributed by atoms with van der Waals surface area (Å²) in [7, 11) is 0. The summed E-state index contributed by atoms with van der Waals surface area (Å²) >= 11 is 12.1. The molecule has 1 aliphatic rings. The first-order valence-electron chi connectivity index (χ1n) is 10.4. The van der Waals surface area contributed by atoms with Gasteiger partial charge in [-0.3, -0.25) is 4.79 Å². The molecule has 1 aromatic heterocycles. The summed E-state index contributed by atoms with van der Waals surface area (Å²) in [6, 6.07) is 9.20. The number of hydrogen-bond acceptors (Lipinski definition) is 5. The first-order chi connectivity index (χ1) is 15.8. The van der Waals surface area contributed by atoms with Crippen LogP contribution in [0, 0.1) is 5.82 Å². The molecule has 1 aliphatic heterocycles. The van der Waals surface area contributed by atoms with Crippen LogP contribution in [0.3, 0.4) is 0 Å². The molecule has 0 unspecified atom stereocenters. The molecular formula is C24H22Cl2FN3O3. The number of fused-ring (bicyclic) bond motifs is 1. The van der Waals surface area contributed by atoms with Crippen molar-refractivity contribution in [3.8, 4) is 11.8 Å². The Morgan fingerprint density at radius 3 is 2.58 bits per heavy atom. The van der Waals surface area contributed by atoms with E-state index in [4.69, 9.17) is 32.7 Å². The second kappa shape index (κ2) is 9.93. The quantitative estimate of drug-likeness (QED) is 0.466. The van der Waals surface area contributed by atoms with Crippen molar-refractivity contribution in [2.24, 2.45) is 0 Å². The minimum atomic E-state index is -0.345. The van der Waals surface area contributed by atoms with E-state index in [2.05, 4.69) is 9.97 Å². The summed E-state index contributed by atoms with van der Waals surface area (Å²) in [6.07, 6.45) is 3.59. The molecule has 0 bridgehead atoms. The highest BCUT2D eigenvalue weighted by Gasteiger charge is 2.31. The standard InChI is InChI=1S/C24H22Cl2FN3O3/c1-14(2)33-20-10-28-24(29-11-20)32-13-19-8-15-3-5-18(27)7-17(15)12-30(19)23(31)16-4-6-21(25)22(26)9-16/h3-7,9-11,14,19H,8,12-13H2,1-2H3/t19-/m0/s1. The van der Waals surface area contributed by atoms with E-state index in [1.807, 2.05) is 13.8 Å². The van der Waals surface area contributed by atoms with Crippen LogP contribution in [0.1, 0.15) is 35.3 Å². The van der Waals surface area contributed by atoms with Gasteiger partial charge in [-0.25, -0.2) is 4.39 Å². The smallest absolute Gasteiger partial charge is 0.316 e. The topological polar surface area (TPSA) is 64.6 Å². The summed E-state index contributed by atoms with van der Waals surface area (Å²) in [5.74, 6) is -0.0523. The lowest BCUT2D eigenvalue weighted by atomic mass is 9.93. The zero-order chi connectivity index (χ0) is 23.5. The highest BCUT2D eigenvalue weighted by Crippen LogP contribution is 2.28. The largest absolute Gasteiger partial charge is 0.488 e. The van der Waals surface area contributed by atoms with Crippen molar-refractivity contribution in [2.75, 3.05) is 6.61 Å². The molecule has 2 heterocycles. The van der Waals surface area contributed by atoms with Crippen LogP contribution in [-0.2, 0) is 13.0 Å². The van der Waals surface area contributed by atoms with Crippen molar-refractivity contribution in [1.29, 1.82) is 0 Å². The lowest BCUT2D eigenvalue weighted by Crippen LogP contribution is -2.47. The Bertz CT molecular complexity index is 1160. The summed E-state index contributed by atoms with van der Waals surface area (Å²) < 4.78 is 25.2. The number of carbonyl (C=O) groups excluding carboxylic acids is 1. The van der Waals surface area contributed by atoms with Crippen LogP contribution in [0.2, 0.25) is 10.0 Å². The molecule has 6 nitrogen and oxygen atoms in total. The predicted molar refractivity (Wildman–Crippen MR) is 124 cm³/mol. The summed E-state index contributed by atoms with van der Waals surface area (Å²) in [5.41, 5.74) is 2.11. The van der Waals surface area contributed by atoms with Crippen molar-refractivity contribution in [2.45, 2.75) is 39.0 Å². The van der Waals surface area contributed by atoms with E-state index in [1.165, 1.54) is 18.2 Å². The average Bonchev–Trinajstić information content (AvgIpc) is 2.79. The van der Waals surface area contributed by atoms with Crippen molar-refractivity contribution in [1.82, 2.24) is 14.9 Å². The maximum atomic E-state index is 13.8. The van der Waals surface area contributed by atoms with Gasteiger partial charge >= 0.3 is 6.01 Å². The van der Waals surface area contributed by atoms with Crippen molar-refractivity contribution >= 4 is 29.1 Å². The molecule has 0 N–H and O–H groups in total. The fourth-order valence-corrected chi connectivity index (χ4v) is 3.98.